The molecule has 0 bridgehead atoms. The van der Waals surface area contributed by atoms with Crippen LogP contribution in [0.15, 0.2) is 29.8 Å². The van der Waals surface area contributed by atoms with Gasteiger partial charge in [0.1, 0.15) is 16.6 Å². The fourth-order valence-electron chi connectivity index (χ4n) is 1.16. The molecule has 1 aromatic rings. The standard InChI is InChI=1S/C10H8N4O2S/c11-5-8(10(13)17)9(12)6-1-3-7(4-2-6)14(15)16/h1-4H,12H2,(H2,13,17). The van der Waals surface area contributed by atoms with Crippen LogP contribution in [-0.2, 0) is 0 Å². The SMILES string of the molecule is N#CC(C(N)=S)=C(N)c1ccc([N+](=O)[O-])cc1. The normalized spacial score (nSPS) is 11.2. The van der Waals surface area contributed by atoms with Gasteiger partial charge in [-0.2, -0.15) is 5.26 Å². The first-order valence-electron chi connectivity index (χ1n) is 4.42. The van der Waals surface area contributed by atoms with E-state index < -0.39 is 4.92 Å². The number of hydrogen-bond acceptors (Lipinski definition) is 5. The van der Waals surface area contributed by atoms with E-state index in [0.717, 1.165) is 0 Å². The molecule has 6 nitrogen and oxygen atoms in total. The first kappa shape index (κ1) is 12.6. The molecule has 17 heavy (non-hydrogen) atoms. The molecule has 0 radical (unpaired) electrons. The number of non-ortho nitro benzene ring substituents is 1. The predicted molar refractivity (Wildman–Crippen MR) is 66.6 cm³/mol. The third kappa shape index (κ3) is 2.76. The number of nitrogens with two attached hydrogens (primary N) is 2. The molecule has 1 rings (SSSR count). The van der Waals surface area contributed by atoms with Crippen molar-refractivity contribution < 1.29 is 4.92 Å². The lowest BCUT2D eigenvalue weighted by molar-refractivity contribution is -0.384. The van der Waals surface area contributed by atoms with Crippen LogP contribution in [0.25, 0.3) is 5.70 Å². The molecule has 0 spiro atoms. The second kappa shape index (κ2) is 5.05. The van der Waals surface area contributed by atoms with Crippen LogP contribution >= 0.6 is 12.2 Å². The summed E-state index contributed by atoms with van der Waals surface area (Å²) in [5.74, 6) is 0. The summed E-state index contributed by atoms with van der Waals surface area (Å²) < 4.78 is 0. The van der Waals surface area contributed by atoms with Crippen LogP contribution < -0.4 is 11.5 Å². The lowest BCUT2D eigenvalue weighted by Gasteiger charge is -2.04. The molecule has 0 saturated carbocycles. The summed E-state index contributed by atoms with van der Waals surface area (Å²) in [5.41, 5.74) is 11.5. The Labute approximate surface area is 102 Å². The Morgan fingerprint density at radius 3 is 2.24 bits per heavy atom. The molecular weight excluding hydrogens is 240 g/mol. The zero-order valence-corrected chi connectivity index (χ0v) is 9.40. The summed E-state index contributed by atoms with van der Waals surface area (Å²) in [7, 11) is 0. The lowest BCUT2D eigenvalue weighted by Crippen LogP contribution is -2.15. The number of thiocarbonyl (C=S) groups is 1. The third-order valence-electron chi connectivity index (χ3n) is 2.02. The zero-order chi connectivity index (χ0) is 13.0. The van der Waals surface area contributed by atoms with Gasteiger partial charge < -0.3 is 11.5 Å². The molecule has 0 aliphatic rings. The number of benzene rings is 1. The van der Waals surface area contributed by atoms with Crippen molar-refractivity contribution in [1.82, 2.24) is 0 Å². The smallest absolute Gasteiger partial charge is 0.269 e. The average Bonchev–Trinajstić information content (AvgIpc) is 2.29. The highest BCUT2D eigenvalue weighted by Gasteiger charge is 2.10. The molecule has 86 valence electrons. The number of nitro groups is 1. The van der Waals surface area contributed by atoms with Crippen molar-refractivity contribution in [3.63, 3.8) is 0 Å². The topological polar surface area (TPSA) is 119 Å². The maximum Gasteiger partial charge on any atom is 0.269 e. The highest BCUT2D eigenvalue weighted by atomic mass is 32.1. The van der Waals surface area contributed by atoms with Crippen LogP contribution in [-0.4, -0.2) is 9.91 Å². The van der Waals surface area contributed by atoms with E-state index in [9.17, 15) is 10.1 Å². The molecule has 7 heteroatoms. The van der Waals surface area contributed by atoms with E-state index in [1.807, 2.05) is 0 Å². The quantitative estimate of drug-likeness (QED) is 0.271. The van der Waals surface area contributed by atoms with Crippen LogP contribution in [0.1, 0.15) is 5.56 Å². The molecule has 0 atom stereocenters. The van der Waals surface area contributed by atoms with Gasteiger partial charge in [0.05, 0.1) is 10.6 Å². The summed E-state index contributed by atoms with van der Waals surface area (Å²) >= 11 is 4.67. The van der Waals surface area contributed by atoms with Crippen LogP contribution in [0.5, 0.6) is 0 Å². The van der Waals surface area contributed by atoms with Crippen molar-refractivity contribution in [2.75, 3.05) is 0 Å². The van der Waals surface area contributed by atoms with Gasteiger partial charge in [0, 0.05) is 12.1 Å². The van der Waals surface area contributed by atoms with Crippen molar-refractivity contribution >= 4 is 28.6 Å². The van der Waals surface area contributed by atoms with Crippen molar-refractivity contribution in [1.29, 1.82) is 5.26 Å². The number of nitriles is 1. The van der Waals surface area contributed by atoms with E-state index in [1.54, 1.807) is 6.07 Å². The molecule has 0 aliphatic carbocycles. The Morgan fingerprint density at radius 2 is 1.88 bits per heavy atom. The molecule has 0 unspecified atom stereocenters. The molecule has 0 amide bonds. The number of hydrogen-bond donors (Lipinski definition) is 2. The second-order valence-electron chi connectivity index (χ2n) is 3.07. The van der Waals surface area contributed by atoms with E-state index in [4.69, 9.17) is 16.7 Å². The van der Waals surface area contributed by atoms with Crippen molar-refractivity contribution in [3.8, 4) is 6.07 Å². The van der Waals surface area contributed by atoms with Gasteiger partial charge in [0.2, 0.25) is 0 Å². The minimum Gasteiger partial charge on any atom is -0.397 e. The Bertz CT molecular complexity index is 542. The van der Waals surface area contributed by atoms with E-state index in [0.29, 0.717) is 5.56 Å². The summed E-state index contributed by atoms with van der Waals surface area (Å²) in [6.45, 7) is 0. The fraction of sp³-hybridized carbons (Fsp3) is 0. The van der Waals surface area contributed by atoms with Gasteiger partial charge in [0.15, 0.2) is 0 Å². The van der Waals surface area contributed by atoms with Crippen LogP contribution in [0, 0.1) is 21.4 Å². The highest BCUT2D eigenvalue weighted by molar-refractivity contribution is 7.80. The van der Waals surface area contributed by atoms with Gasteiger partial charge in [0.25, 0.3) is 5.69 Å². The molecule has 0 fully saturated rings. The zero-order valence-electron chi connectivity index (χ0n) is 8.58. The number of nitro benzene ring substituents is 1. The Kier molecular flexibility index (Phi) is 3.74. The fourth-order valence-corrected chi connectivity index (χ4v) is 1.31. The molecule has 1 aromatic carbocycles. The molecule has 0 aliphatic heterocycles. The van der Waals surface area contributed by atoms with Gasteiger partial charge in [-0.25, -0.2) is 0 Å². The summed E-state index contributed by atoms with van der Waals surface area (Å²) in [6.07, 6.45) is 0. The predicted octanol–water partition coefficient (Wildman–Crippen LogP) is 1.07. The van der Waals surface area contributed by atoms with Crippen LogP contribution in [0.4, 0.5) is 5.69 Å². The second-order valence-corrected chi connectivity index (χ2v) is 3.51. The summed E-state index contributed by atoms with van der Waals surface area (Å²) in [4.78, 5) is 9.82. The molecule has 0 aromatic heterocycles. The van der Waals surface area contributed by atoms with Gasteiger partial charge in [-0.3, -0.25) is 10.1 Å². The Morgan fingerprint density at radius 1 is 1.35 bits per heavy atom. The number of rotatable bonds is 3. The van der Waals surface area contributed by atoms with Crippen LogP contribution in [0.2, 0.25) is 0 Å². The third-order valence-corrected chi connectivity index (χ3v) is 2.22. The first-order chi connectivity index (χ1) is 7.97. The van der Waals surface area contributed by atoms with Crippen molar-refractivity contribution in [3.05, 3.63) is 45.5 Å². The lowest BCUT2D eigenvalue weighted by atomic mass is 10.1. The summed E-state index contributed by atoms with van der Waals surface area (Å²) in [5, 5.41) is 19.3. The number of nitrogens with zero attached hydrogens (tertiary/aromatic N) is 2. The van der Waals surface area contributed by atoms with E-state index in [-0.39, 0.29) is 21.9 Å². The summed E-state index contributed by atoms with van der Waals surface area (Å²) in [6, 6.07) is 7.24. The van der Waals surface area contributed by atoms with Gasteiger partial charge >= 0.3 is 0 Å². The highest BCUT2D eigenvalue weighted by Crippen LogP contribution is 2.18. The van der Waals surface area contributed by atoms with Gasteiger partial charge in [-0.1, -0.05) is 12.2 Å². The molecule has 4 N–H and O–H groups in total. The minimum absolute atomic E-state index is 0.00569. The monoisotopic (exact) mass is 248 g/mol. The molecular formula is C10H8N4O2S. The van der Waals surface area contributed by atoms with Crippen molar-refractivity contribution in [2.24, 2.45) is 11.5 Å². The maximum atomic E-state index is 10.4. The molecule has 0 heterocycles. The minimum atomic E-state index is -0.525. The van der Waals surface area contributed by atoms with Crippen molar-refractivity contribution in [2.45, 2.75) is 0 Å². The van der Waals surface area contributed by atoms with E-state index >= 15 is 0 Å². The Balaban J connectivity index is 3.22. The van der Waals surface area contributed by atoms with E-state index in [2.05, 4.69) is 12.2 Å². The average molecular weight is 248 g/mol. The first-order valence-corrected chi connectivity index (χ1v) is 4.82. The maximum absolute atomic E-state index is 10.4. The van der Waals surface area contributed by atoms with Gasteiger partial charge in [-0.05, 0) is 17.7 Å². The largest absolute Gasteiger partial charge is 0.397 e. The Hall–Kier alpha value is -2.46. The van der Waals surface area contributed by atoms with Gasteiger partial charge in [-0.15, -0.1) is 0 Å². The van der Waals surface area contributed by atoms with E-state index in [1.165, 1.54) is 24.3 Å². The van der Waals surface area contributed by atoms with Crippen LogP contribution in [0.3, 0.4) is 0 Å². The molecule has 0 saturated heterocycles.